The molecule has 0 aliphatic heterocycles. The first-order valence-electron chi connectivity index (χ1n) is 10.1. The second kappa shape index (κ2) is 9.55. The minimum absolute atomic E-state index is 0.160. The number of hydrogen-bond donors (Lipinski definition) is 1. The van der Waals surface area contributed by atoms with Gasteiger partial charge in [0.2, 0.25) is 5.88 Å². The second-order valence-electron chi connectivity index (χ2n) is 8.23. The molecule has 0 unspecified atom stereocenters. The van der Waals surface area contributed by atoms with Crippen molar-refractivity contribution in [2.24, 2.45) is 12.2 Å². The van der Waals surface area contributed by atoms with E-state index in [4.69, 9.17) is 14.3 Å². The summed E-state index contributed by atoms with van der Waals surface area (Å²) in [6.45, 7) is 7.57. The van der Waals surface area contributed by atoms with Crippen molar-refractivity contribution in [3.63, 3.8) is 0 Å². The maximum atomic E-state index is 12.1. The van der Waals surface area contributed by atoms with Crippen LogP contribution in [0.1, 0.15) is 48.0 Å². The van der Waals surface area contributed by atoms with Gasteiger partial charge in [0, 0.05) is 7.05 Å². The molecule has 0 aliphatic carbocycles. The number of carbonyl (C=O) groups excluding carboxylic acids is 1. The summed E-state index contributed by atoms with van der Waals surface area (Å²) in [6.07, 6.45) is 1.55. The van der Waals surface area contributed by atoms with E-state index in [1.807, 2.05) is 27.7 Å². The molecule has 8 nitrogen and oxygen atoms in total. The number of oxime groups is 1. The molecule has 3 aromatic rings. The van der Waals surface area contributed by atoms with Gasteiger partial charge < -0.3 is 19.4 Å². The number of benzene rings is 2. The van der Waals surface area contributed by atoms with Gasteiger partial charge in [-0.05, 0) is 69.7 Å². The summed E-state index contributed by atoms with van der Waals surface area (Å²) in [5.74, 6) is 0.859. The number of aryl methyl sites for hydroxylation is 2. The monoisotopic (exact) mass is 437 g/mol. The first-order chi connectivity index (χ1) is 15.1. The van der Waals surface area contributed by atoms with Gasteiger partial charge in [0.1, 0.15) is 23.7 Å². The lowest BCUT2D eigenvalue weighted by Crippen LogP contribution is -2.23. The lowest BCUT2D eigenvalue weighted by atomic mass is 10.1. The molecule has 168 valence electrons. The normalized spacial score (nSPS) is 11.5. The highest BCUT2D eigenvalue weighted by atomic mass is 16.6. The van der Waals surface area contributed by atoms with Crippen LogP contribution in [0.5, 0.6) is 17.4 Å². The van der Waals surface area contributed by atoms with Crippen LogP contribution in [0, 0.1) is 6.92 Å². The molecule has 1 aromatic heterocycles. The number of aromatic hydroxyl groups is 1. The van der Waals surface area contributed by atoms with Crippen molar-refractivity contribution in [2.75, 3.05) is 0 Å². The first kappa shape index (κ1) is 22.9. The number of carbonyl (C=O) groups is 1. The molecule has 32 heavy (non-hydrogen) atoms. The summed E-state index contributed by atoms with van der Waals surface area (Å²) in [4.78, 5) is 17.5. The molecular weight excluding hydrogens is 410 g/mol. The van der Waals surface area contributed by atoms with Crippen molar-refractivity contribution in [1.29, 1.82) is 0 Å². The fourth-order valence-corrected chi connectivity index (χ4v) is 2.82. The maximum absolute atomic E-state index is 12.1. The minimum Gasteiger partial charge on any atom is -0.508 e. The topological polar surface area (TPSA) is 95.2 Å². The third-order valence-corrected chi connectivity index (χ3v) is 4.34. The van der Waals surface area contributed by atoms with Crippen molar-refractivity contribution in [1.82, 2.24) is 9.78 Å². The Hall–Kier alpha value is -3.81. The standard InChI is InChI=1S/C24H27N3O5/c1-16-21(22(27(5)26-16)31-20-12-10-19(28)11-13-20)14-25-30-15-17-6-8-18(9-7-17)23(29)32-24(2,3)4/h6-14,28H,15H2,1-5H3. The van der Waals surface area contributed by atoms with Crippen molar-refractivity contribution in [3.05, 3.63) is 70.9 Å². The van der Waals surface area contributed by atoms with Crippen LogP contribution >= 0.6 is 0 Å². The van der Waals surface area contributed by atoms with Gasteiger partial charge >= 0.3 is 5.97 Å². The minimum atomic E-state index is -0.539. The van der Waals surface area contributed by atoms with E-state index in [0.717, 1.165) is 11.3 Å². The quantitative estimate of drug-likeness (QED) is 0.326. The zero-order valence-corrected chi connectivity index (χ0v) is 18.8. The van der Waals surface area contributed by atoms with E-state index in [0.29, 0.717) is 22.8 Å². The molecule has 0 saturated heterocycles. The van der Waals surface area contributed by atoms with Gasteiger partial charge in [-0.25, -0.2) is 9.48 Å². The fourth-order valence-electron chi connectivity index (χ4n) is 2.82. The molecule has 0 bridgehead atoms. The lowest BCUT2D eigenvalue weighted by Gasteiger charge is -2.19. The van der Waals surface area contributed by atoms with Gasteiger partial charge in [0.15, 0.2) is 0 Å². The molecule has 1 heterocycles. The van der Waals surface area contributed by atoms with Crippen LogP contribution < -0.4 is 4.74 Å². The second-order valence-corrected chi connectivity index (χ2v) is 8.23. The molecule has 1 N–H and O–H groups in total. The Morgan fingerprint density at radius 1 is 1.12 bits per heavy atom. The predicted octanol–water partition coefficient (Wildman–Crippen LogP) is 4.73. The van der Waals surface area contributed by atoms with Crippen molar-refractivity contribution in [3.8, 4) is 17.4 Å². The van der Waals surface area contributed by atoms with Crippen molar-refractivity contribution in [2.45, 2.75) is 39.9 Å². The Morgan fingerprint density at radius 3 is 2.41 bits per heavy atom. The predicted molar refractivity (Wildman–Crippen MR) is 120 cm³/mol. The summed E-state index contributed by atoms with van der Waals surface area (Å²) in [5.41, 5.74) is 2.21. The lowest BCUT2D eigenvalue weighted by molar-refractivity contribution is 0.00694. The molecule has 0 spiro atoms. The average Bonchev–Trinajstić information content (AvgIpc) is 2.98. The third kappa shape index (κ3) is 6.10. The van der Waals surface area contributed by atoms with E-state index in [1.165, 1.54) is 0 Å². The van der Waals surface area contributed by atoms with E-state index < -0.39 is 5.60 Å². The highest BCUT2D eigenvalue weighted by Crippen LogP contribution is 2.27. The van der Waals surface area contributed by atoms with Gasteiger partial charge in [-0.3, -0.25) is 0 Å². The number of ether oxygens (including phenoxy) is 2. The maximum Gasteiger partial charge on any atom is 0.338 e. The molecule has 3 rings (SSSR count). The Bertz CT molecular complexity index is 1090. The van der Waals surface area contributed by atoms with Crippen LogP contribution in [0.4, 0.5) is 0 Å². The number of aromatic nitrogens is 2. The largest absolute Gasteiger partial charge is 0.508 e. The average molecular weight is 437 g/mol. The molecule has 2 aromatic carbocycles. The zero-order chi connectivity index (χ0) is 23.3. The molecule has 0 atom stereocenters. The Balaban J connectivity index is 1.62. The summed E-state index contributed by atoms with van der Waals surface area (Å²) in [5, 5.41) is 17.8. The molecular formula is C24H27N3O5. The van der Waals surface area contributed by atoms with E-state index in [2.05, 4.69) is 10.3 Å². The van der Waals surface area contributed by atoms with Gasteiger partial charge in [0.05, 0.1) is 23.0 Å². The fraction of sp³-hybridized carbons (Fsp3) is 0.292. The smallest absolute Gasteiger partial charge is 0.338 e. The molecule has 0 fully saturated rings. The first-order valence-corrected chi connectivity index (χ1v) is 10.1. The van der Waals surface area contributed by atoms with Crippen LogP contribution in [0.25, 0.3) is 0 Å². The van der Waals surface area contributed by atoms with Crippen molar-refractivity contribution >= 4 is 12.2 Å². The zero-order valence-electron chi connectivity index (χ0n) is 18.8. The van der Waals surface area contributed by atoms with E-state index in [1.54, 1.807) is 66.5 Å². The summed E-state index contributed by atoms with van der Waals surface area (Å²) in [7, 11) is 1.77. The SMILES string of the molecule is Cc1nn(C)c(Oc2ccc(O)cc2)c1C=NOCc1ccc(C(=O)OC(C)(C)C)cc1. The molecule has 0 saturated carbocycles. The number of nitrogens with zero attached hydrogens (tertiary/aromatic N) is 3. The van der Waals surface area contributed by atoms with Gasteiger partial charge in [-0.1, -0.05) is 17.3 Å². The number of esters is 1. The van der Waals surface area contributed by atoms with Crippen LogP contribution in [-0.4, -0.2) is 32.7 Å². The van der Waals surface area contributed by atoms with E-state index in [9.17, 15) is 9.90 Å². The van der Waals surface area contributed by atoms with Gasteiger partial charge in [-0.15, -0.1) is 0 Å². The summed E-state index contributed by atoms with van der Waals surface area (Å²) >= 11 is 0. The number of phenols is 1. The third-order valence-electron chi connectivity index (χ3n) is 4.34. The molecule has 0 radical (unpaired) electrons. The molecule has 0 aliphatic rings. The van der Waals surface area contributed by atoms with Gasteiger partial charge in [0.25, 0.3) is 0 Å². The Morgan fingerprint density at radius 2 is 1.78 bits per heavy atom. The summed E-state index contributed by atoms with van der Waals surface area (Å²) < 4.78 is 12.9. The number of rotatable bonds is 7. The highest BCUT2D eigenvalue weighted by molar-refractivity contribution is 5.89. The molecule has 0 amide bonds. The highest BCUT2D eigenvalue weighted by Gasteiger charge is 2.18. The molecule has 8 heteroatoms. The number of phenolic OH excluding ortho intramolecular Hbond substituents is 1. The Labute approximate surface area is 187 Å². The van der Waals surface area contributed by atoms with Crippen LogP contribution in [0.3, 0.4) is 0 Å². The van der Waals surface area contributed by atoms with E-state index >= 15 is 0 Å². The summed E-state index contributed by atoms with van der Waals surface area (Å²) in [6, 6.07) is 13.4. The van der Waals surface area contributed by atoms with Crippen molar-refractivity contribution < 1.29 is 24.2 Å². The van der Waals surface area contributed by atoms with E-state index in [-0.39, 0.29) is 18.3 Å². The van der Waals surface area contributed by atoms with Crippen LogP contribution in [0.15, 0.2) is 53.7 Å². The number of hydrogen-bond acceptors (Lipinski definition) is 7. The Kier molecular flexibility index (Phi) is 6.82. The van der Waals surface area contributed by atoms with Crippen LogP contribution in [0.2, 0.25) is 0 Å². The van der Waals surface area contributed by atoms with Gasteiger partial charge in [-0.2, -0.15) is 5.10 Å². The van der Waals surface area contributed by atoms with Crippen LogP contribution in [-0.2, 0) is 23.2 Å².